The van der Waals surface area contributed by atoms with Gasteiger partial charge in [0.1, 0.15) is 0 Å². The number of piperazine rings is 1. The molecular weight excluding hydrogens is 439 g/mol. The Hall–Kier alpha value is -1.69. The highest BCUT2D eigenvalue weighted by Gasteiger charge is 2.27. The molecule has 0 spiro atoms. The molecule has 0 atom stereocenters. The second-order valence-electron chi connectivity index (χ2n) is 8.94. The van der Waals surface area contributed by atoms with Crippen LogP contribution in [-0.4, -0.2) is 65.0 Å². The fourth-order valence-electron chi connectivity index (χ4n) is 5.02. The molecule has 32 heavy (non-hydrogen) atoms. The van der Waals surface area contributed by atoms with Gasteiger partial charge in [0, 0.05) is 55.7 Å². The van der Waals surface area contributed by atoms with Crippen LogP contribution in [0.25, 0.3) is 10.9 Å². The van der Waals surface area contributed by atoms with E-state index in [-0.39, 0.29) is 12.4 Å². The van der Waals surface area contributed by atoms with Gasteiger partial charge in [-0.15, -0.1) is 12.4 Å². The van der Waals surface area contributed by atoms with E-state index >= 15 is 0 Å². The van der Waals surface area contributed by atoms with Gasteiger partial charge in [-0.1, -0.05) is 54.1 Å². The maximum absolute atomic E-state index is 6.14. The molecule has 4 nitrogen and oxygen atoms in total. The summed E-state index contributed by atoms with van der Waals surface area (Å²) in [6.45, 7) is 9.02. The Kier molecular flexibility index (Phi) is 8.03. The molecule has 2 aliphatic heterocycles. The van der Waals surface area contributed by atoms with E-state index < -0.39 is 0 Å². The van der Waals surface area contributed by atoms with Crippen LogP contribution in [-0.2, 0) is 13.1 Å². The summed E-state index contributed by atoms with van der Waals surface area (Å²) in [5.74, 6) is 0. The van der Waals surface area contributed by atoms with Crippen LogP contribution in [0.2, 0.25) is 5.02 Å². The van der Waals surface area contributed by atoms with Crippen molar-refractivity contribution in [1.29, 1.82) is 0 Å². The van der Waals surface area contributed by atoms with Gasteiger partial charge in [0.05, 0.1) is 11.2 Å². The average molecular weight is 471 g/mol. The predicted octanol–water partition coefficient (Wildman–Crippen LogP) is 5.09. The summed E-state index contributed by atoms with van der Waals surface area (Å²) in [5.41, 5.74) is 3.56. The summed E-state index contributed by atoms with van der Waals surface area (Å²) in [6.07, 6.45) is 2.58. The highest BCUT2D eigenvalue weighted by Crippen LogP contribution is 2.22. The van der Waals surface area contributed by atoms with Crippen molar-refractivity contribution in [1.82, 2.24) is 19.7 Å². The van der Waals surface area contributed by atoms with Gasteiger partial charge in [-0.25, -0.2) is 0 Å². The molecule has 0 bridgehead atoms. The fourth-order valence-corrected chi connectivity index (χ4v) is 5.19. The van der Waals surface area contributed by atoms with Crippen molar-refractivity contribution >= 4 is 34.9 Å². The molecule has 0 amide bonds. The lowest BCUT2D eigenvalue weighted by Gasteiger charge is -2.42. The number of halogens is 2. The molecule has 2 fully saturated rings. The maximum atomic E-state index is 6.14. The van der Waals surface area contributed by atoms with Crippen LogP contribution >= 0.6 is 24.0 Å². The molecular formula is C26H32Cl2N4. The first-order valence-corrected chi connectivity index (χ1v) is 11.9. The third-order valence-electron chi connectivity index (χ3n) is 6.83. The van der Waals surface area contributed by atoms with Crippen LogP contribution < -0.4 is 0 Å². The molecule has 0 N–H and O–H groups in total. The number of fused-ring (bicyclic) bond motifs is 1. The van der Waals surface area contributed by atoms with E-state index in [1.165, 1.54) is 44.6 Å². The van der Waals surface area contributed by atoms with Crippen molar-refractivity contribution in [3.05, 3.63) is 76.9 Å². The van der Waals surface area contributed by atoms with E-state index in [0.29, 0.717) is 0 Å². The topological polar surface area (TPSA) is 22.6 Å². The number of rotatable bonds is 5. The Bertz CT molecular complexity index is 997. The van der Waals surface area contributed by atoms with E-state index in [9.17, 15) is 0 Å². The number of aromatic nitrogens is 1. The third kappa shape index (κ3) is 5.81. The molecule has 170 valence electrons. The number of likely N-dealkylation sites (tertiary alicyclic amines) is 1. The summed E-state index contributed by atoms with van der Waals surface area (Å²) >= 11 is 6.14. The summed E-state index contributed by atoms with van der Waals surface area (Å²) in [7, 11) is 0. The zero-order chi connectivity index (χ0) is 21.0. The Morgan fingerprint density at radius 1 is 0.781 bits per heavy atom. The minimum absolute atomic E-state index is 0. The smallest absolute Gasteiger partial charge is 0.0720 e. The number of nitrogens with zero attached hydrogens (tertiary/aromatic N) is 4. The second-order valence-corrected chi connectivity index (χ2v) is 9.38. The molecule has 2 saturated heterocycles. The minimum atomic E-state index is 0. The van der Waals surface area contributed by atoms with E-state index in [2.05, 4.69) is 57.2 Å². The highest BCUT2D eigenvalue weighted by atomic mass is 35.5. The molecule has 6 heteroatoms. The lowest BCUT2D eigenvalue weighted by Crippen LogP contribution is -2.52. The van der Waals surface area contributed by atoms with Gasteiger partial charge in [0.15, 0.2) is 0 Å². The quantitative estimate of drug-likeness (QED) is 0.517. The SMILES string of the molecule is Cl.Clc1ccc2ccc(CN3CCN(C4CCN(Cc5ccccc5)CC4)CC3)nc2c1. The van der Waals surface area contributed by atoms with Crippen molar-refractivity contribution in [2.45, 2.75) is 32.0 Å². The van der Waals surface area contributed by atoms with Crippen molar-refractivity contribution in [2.75, 3.05) is 39.3 Å². The van der Waals surface area contributed by atoms with Crippen LogP contribution in [0.4, 0.5) is 0 Å². The lowest BCUT2D eigenvalue weighted by atomic mass is 10.0. The van der Waals surface area contributed by atoms with E-state index in [1.54, 1.807) is 0 Å². The standard InChI is InChI=1S/C26H31ClN4.ClH/c27-23-8-6-22-7-9-24(28-26(22)18-23)20-30-14-16-31(17-15-30)25-10-12-29(13-11-25)19-21-4-2-1-3-5-21;/h1-9,18,25H,10-17,19-20H2;1H. The van der Waals surface area contributed by atoms with Crippen molar-refractivity contribution in [3.8, 4) is 0 Å². The van der Waals surface area contributed by atoms with Gasteiger partial charge in [0.2, 0.25) is 0 Å². The number of hydrogen-bond donors (Lipinski definition) is 0. The molecule has 2 aliphatic rings. The summed E-state index contributed by atoms with van der Waals surface area (Å²) in [6, 6.07) is 21.9. The zero-order valence-corrected chi connectivity index (χ0v) is 20.1. The number of piperidine rings is 1. The van der Waals surface area contributed by atoms with Crippen molar-refractivity contribution in [2.24, 2.45) is 0 Å². The molecule has 0 saturated carbocycles. The summed E-state index contributed by atoms with van der Waals surface area (Å²) in [4.78, 5) is 12.7. The van der Waals surface area contributed by atoms with Crippen LogP contribution in [0, 0.1) is 0 Å². The first-order valence-electron chi connectivity index (χ1n) is 11.5. The third-order valence-corrected chi connectivity index (χ3v) is 7.06. The van der Waals surface area contributed by atoms with Gasteiger partial charge in [-0.05, 0) is 49.7 Å². The average Bonchev–Trinajstić information content (AvgIpc) is 2.81. The summed E-state index contributed by atoms with van der Waals surface area (Å²) in [5, 5.41) is 1.90. The monoisotopic (exact) mass is 470 g/mol. The number of pyridine rings is 1. The largest absolute Gasteiger partial charge is 0.299 e. The number of hydrogen-bond acceptors (Lipinski definition) is 4. The van der Waals surface area contributed by atoms with Gasteiger partial charge in [-0.2, -0.15) is 0 Å². The van der Waals surface area contributed by atoms with Gasteiger partial charge in [-0.3, -0.25) is 19.7 Å². The molecule has 1 aromatic heterocycles. The first kappa shape index (κ1) is 23.5. The van der Waals surface area contributed by atoms with Gasteiger partial charge < -0.3 is 0 Å². The van der Waals surface area contributed by atoms with Gasteiger partial charge >= 0.3 is 0 Å². The highest BCUT2D eigenvalue weighted by molar-refractivity contribution is 6.31. The lowest BCUT2D eigenvalue weighted by molar-refractivity contribution is 0.0546. The predicted molar refractivity (Wildman–Crippen MR) is 136 cm³/mol. The molecule has 3 heterocycles. The normalized spacial score (nSPS) is 19.2. The molecule has 0 unspecified atom stereocenters. The first-order chi connectivity index (χ1) is 15.2. The molecule has 0 radical (unpaired) electrons. The molecule has 2 aromatic carbocycles. The van der Waals surface area contributed by atoms with Crippen molar-refractivity contribution < 1.29 is 0 Å². The zero-order valence-electron chi connectivity index (χ0n) is 18.5. The Morgan fingerprint density at radius 3 is 2.22 bits per heavy atom. The van der Waals surface area contributed by atoms with Gasteiger partial charge in [0.25, 0.3) is 0 Å². The van der Waals surface area contributed by atoms with E-state index in [1.807, 2.05) is 18.2 Å². The van der Waals surface area contributed by atoms with Crippen LogP contribution in [0.5, 0.6) is 0 Å². The van der Waals surface area contributed by atoms with Crippen LogP contribution in [0.3, 0.4) is 0 Å². The summed E-state index contributed by atoms with van der Waals surface area (Å²) < 4.78 is 0. The number of benzene rings is 2. The molecule has 5 rings (SSSR count). The maximum Gasteiger partial charge on any atom is 0.0720 e. The Labute approximate surface area is 202 Å². The van der Waals surface area contributed by atoms with Crippen molar-refractivity contribution in [3.63, 3.8) is 0 Å². The molecule has 0 aliphatic carbocycles. The Morgan fingerprint density at radius 2 is 1.47 bits per heavy atom. The fraction of sp³-hybridized carbons (Fsp3) is 0.423. The van der Waals surface area contributed by atoms with E-state index in [4.69, 9.17) is 16.6 Å². The van der Waals surface area contributed by atoms with E-state index in [0.717, 1.165) is 53.8 Å². The van der Waals surface area contributed by atoms with Crippen LogP contribution in [0.15, 0.2) is 60.7 Å². The Balaban J connectivity index is 0.00000245. The van der Waals surface area contributed by atoms with Crippen LogP contribution in [0.1, 0.15) is 24.1 Å². The second kappa shape index (κ2) is 11.0. The minimum Gasteiger partial charge on any atom is -0.299 e. The molecule has 3 aromatic rings.